The Morgan fingerprint density at radius 3 is 2.61 bits per heavy atom. The molecule has 2 aliphatic rings. The molecule has 4 rings (SSSR count). The van der Waals surface area contributed by atoms with Gasteiger partial charge in [-0.3, -0.25) is 4.79 Å². The highest BCUT2D eigenvalue weighted by Crippen LogP contribution is 2.39. The Morgan fingerprint density at radius 2 is 1.94 bits per heavy atom. The van der Waals surface area contributed by atoms with Crippen LogP contribution in [0.25, 0.3) is 5.65 Å². The lowest BCUT2D eigenvalue weighted by atomic mass is 9.85. The number of ether oxygens (including phenoxy) is 1. The fourth-order valence-electron chi connectivity index (χ4n) is 4.27. The van der Waals surface area contributed by atoms with Gasteiger partial charge in [0.05, 0.1) is 0 Å². The van der Waals surface area contributed by atoms with Crippen molar-refractivity contribution in [2.75, 3.05) is 19.6 Å². The first-order chi connectivity index (χ1) is 14.6. The Hall–Kier alpha value is -2.56. The normalized spacial score (nSPS) is 19.8. The van der Waals surface area contributed by atoms with Gasteiger partial charge in [-0.1, -0.05) is 11.6 Å². The van der Waals surface area contributed by atoms with Crippen LogP contribution >= 0.6 is 11.6 Å². The Kier molecular flexibility index (Phi) is 5.48. The summed E-state index contributed by atoms with van der Waals surface area (Å²) >= 11 is 5.89. The Bertz CT molecular complexity index is 1000. The van der Waals surface area contributed by atoms with E-state index >= 15 is 0 Å². The predicted octanol–water partition coefficient (Wildman–Crippen LogP) is 3.54. The average molecular weight is 460 g/mol. The van der Waals surface area contributed by atoms with Crippen molar-refractivity contribution >= 4 is 29.2 Å². The van der Waals surface area contributed by atoms with Gasteiger partial charge in [-0.15, -0.1) is 0 Å². The highest BCUT2D eigenvalue weighted by molar-refractivity contribution is 6.29. The minimum absolute atomic E-state index is 0.218. The van der Waals surface area contributed by atoms with E-state index < -0.39 is 23.9 Å². The molecule has 0 radical (unpaired) electrons. The molecule has 2 aliphatic heterocycles. The topological polar surface area (TPSA) is 80.0 Å². The molecule has 1 unspecified atom stereocenters. The van der Waals surface area contributed by atoms with Gasteiger partial charge >= 0.3 is 12.3 Å². The molecule has 4 heterocycles. The summed E-state index contributed by atoms with van der Waals surface area (Å²) in [4.78, 5) is 32.5. The molecule has 2 saturated heterocycles. The zero-order valence-corrected chi connectivity index (χ0v) is 17.5. The molecule has 2 amide bonds. The Morgan fingerprint density at radius 1 is 1.23 bits per heavy atom. The molecule has 1 spiro atoms. The van der Waals surface area contributed by atoms with Crippen molar-refractivity contribution in [3.8, 4) is 0 Å². The van der Waals surface area contributed by atoms with Crippen molar-refractivity contribution in [3.05, 3.63) is 29.2 Å². The van der Waals surface area contributed by atoms with Crippen LogP contribution in [-0.4, -0.2) is 73.9 Å². The summed E-state index contributed by atoms with van der Waals surface area (Å²) in [5.74, 6) is -0.235. The molecule has 31 heavy (non-hydrogen) atoms. The summed E-state index contributed by atoms with van der Waals surface area (Å²) in [5.41, 5.74) is 0.252. The van der Waals surface area contributed by atoms with Gasteiger partial charge in [0.1, 0.15) is 5.15 Å². The van der Waals surface area contributed by atoms with Crippen LogP contribution < -0.4 is 0 Å². The highest BCUT2D eigenvalue weighted by Gasteiger charge is 2.47. The van der Waals surface area contributed by atoms with E-state index in [2.05, 4.69) is 14.8 Å². The molecule has 0 N–H and O–H groups in total. The third-order valence-corrected chi connectivity index (χ3v) is 6.25. The lowest BCUT2D eigenvalue weighted by Crippen LogP contribution is -2.55. The third-order valence-electron chi connectivity index (χ3n) is 6.04. The number of nitrogens with zero attached hydrogens (tertiary/aromatic N) is 5. The number of fused-ring (bicyclic) bond motifs is 1. The lowest BCUT2D eigenvalue weighted by molar-refractivity contribution is -0.200. The second kappa shape index (κ2) is 7.85. The van der Waals surface area contributed by atoms with Gasteiger partial charge in [0.2, 0.25) is 0 Å². The van der Waals surface area contributed by atoms with Crippen molar-refractivity contribution < 1.29 is 27.5 Å². The number of likely N-dealkylation sites (tertiary alicyclic amines) is 2. The maximum Gasteiger partial charge on any atom is 0.425 e. The van der Waals surface area contributed by atoms with E-state index in [0.29, 0.717) is 30.2 Å². The Balaban J connectivity index is 1.44. The van der Waals surface area contributed by atoms with Gasteiger partial charge in [-0.2, -0.15) is 18.3 Å². The molecule has 1 atom stereocenters. The predicted molar refractivity (Wildman–Crippen MR) is 104 cm³/mol. The fourth-order valence-corrected chi connectivity index (χ4v) is 4.42. The van der Waals surface area contributed by atoms with Crippen LogP contribution in [0.4, 0.5) is 18.0 Å². The number of amides is 2. The van der Waals surface area contributed by atoms with E-state index in [-0.39, 0.29) is 24.7 Å². The van der Waals surface area contributed by atoms with E-state index in [9.17, 15) is 22.8 Å². The van der Waals surface area contributed by atoms with Gasteiger partial charge in [0.25, 0.3) is 5.91 Å². The molecular weight excluding hydrogens is 439 g/mol. The maximum absolute atomic E-state index is 13.2. The minimum atomic E-state index is -4.60. The number of carbonyl (C=O) groups is 2. The van der Waals surface area contributed by atoms with E-state index in [4.69, 9.17) is 11.6 Å². The Labute approximate surface area is 180 Å². The number of rotatable bonds is 2. The first-order valence-corrected chi connectivity index (χ1v) is 10.3. The number of piperidine rings is 1. The molecule has 2 aromatic heterocycles. The van der Waals surface area contributed by atoms with Crippen LogP contribution in [0.1, 0.15) is 43.1 Å². The molecule has 0 bridgehead atoms. The molecule has 2 fully saturated rings. The number of hydrogen-bond donors (Lipinski definition) is 0. The second-order valence-corrected chi connectivity index (χ2v) is 8.31. The number of carbonyl (C=O) groups excluding carboxylic acids is 2. The van der Waals surface area contributed by atoms with Gasteiger partial charge in [0.15, 0.2) is 17.4 Å². The molecule has 12 heteroatoms. The van der Waals surface area contributed by atoms with Gasteiger partial charge in [0, 0.05) is 37.4 Å². The number of alkyl halides is 3. The van der Waals surface area contributed by atoms with Crippen LogP contribution in [0.5, 0.6) is 0 Å². The number of aromatic nitrogens is 3. The van der Waals surface area contributed by atoms with Crippen LogP contribution in [-0.2, 0) is 4.74 Å². The first-order valence-electron chi connectivity index (χ1n) is 9.95. The van der Waals surface area contributed by atoms with Gasteiger partial charge in [-0.05, 0) is 38.7 Å². The van der Waals surface area contributed by atoms with Crippen LogP contribution in [0.2, 0.25) is 5.15 Å². The van der Waals surface area contributed by atoms with E-state index in [1.54, 1.807) is 23.2 Å². The lowest BCUT2D eigenvalue weighted by Gasteiger charge is -2.44. The molecule has 168 valence electrons. The maximum atomic E-state index is 13.2. The summed E-state index contributed by atoms with van der Waals surface area (Å²) < 4.78 is 44.0. The molecule has 0 aromatic carbocycles. The summed E-state index contributed by atoms with van der Waals surface area (Å²) in [6.45, 7) is 1.79. The van der Waals surface area contributed by atoms with Crippen molar-refractivity contribution in [2.24, 2.45) is 0 Å². The molecule has 2 aromatic rings. The quantitative estimate of drug-likeness (QED) is 0.642. The van der Waals surface area contributed by atoms with Crippen molar-refractivity contribution in [2.45, 2.75) is 50.4 Å². The summed E-state index contributed by atoms with van der Waals surface area (Å²) in [6.07, 6.45) is -3.65. The summed E-state index contributed by atoms with van der Waals surface area (Å²) in [6, 6.07) is 3.15. The van der Waals surface area contributed by atoms with Crippen LogP contribution in [0.3, 0.4) is 0 Å². The standard InChI is InChI=1S/C19H21ClF3N5O3/c1-12(19(21,22)23)31-17(30)26-9-5-18(6-10-26)4-2-7-27(18)16(29)13-11-15-24-14(20)3-8-28(15)25-13/h3,8,11-12H,2,4-7,9-10H2,1H3. The smallest absolute Gasteiger partial charge is 0.425 e. The summed E-state index contributed by atoms with van der Waals surface area (Å²) in [7, 11) is 0. The van der Waals surface area contributed by atoms with Crippen LogP contribution in [0, 0.1) is 0 Å². The van der Waals surface area contributed by atoms with Crippen molar-refractivity contribution in [1.82, 2.24) is 24.4 Å². The van der Waals surface area contributed by atoms with E-state index in [0.717, 1.165) is 19.8 Å². The van der Waals surface area contributed by atoms with E-state index in [1.807, 2.05) is 0 Å². The average Bonchev–Trinajstić information content (AvgIpc) is 3.31. The minimum Gasteiger partial charge on any atom is -0.437 e. The van der Waals surface area contributed by atoms with E-state index in [1.165, 1.54) is 9.42 Å². The first kappa shape index (κ1) is 21.7. The van der Waals surface area contributed by atoms with Crippen LogP contribution in [0.15, 0.2) is 18.3 Å². The second-order valence-electron chi connectivity index (χ2n) is 7.92. The number of halogens is 4. The van der Waals surface area contributed by atoms with Crippen molar-refractivity contribution in [3.63, 3.8) is 0 Å². The largest absolute Gasteiger partial charge is 0.437 e. The SMILES string of the molecule is CC(OC(=O)N1CCC2(CCCN2C(=O)c2cc3nc(Cl)ccn3n2)CC1)C(F)(F)F. The van der Waals surface area contributed by atoms with Gasteiger partial charge in [-0.25, -0.2) is 14.3 Å². The molecular formula is C19H21ClF3N5O3. The molecule has 0 aliphatic carbocycles. The molecule has 8 nitrogen and oxygen atoms in total. The summed E-state index contributed by atoms with van der Waals surface area (Å²) in [5, 5.41) is 4.58. The zero-order chi connectivity index (χ0) is 22.4. The number of hydrogen-bond acceptors (Lipinski definition) is 5. The highest BCUT2D eigenvalue weighted by atomic mass is 35.5. The van der Waals surface area contributed by atoms with Gasteiger partial charge < -0.3 is 14.5 Å². The van der Waals surface area contributed by atoms with Crippen molar-refractivity contribution in [1.29, 1.82) is 0 Å². The molecule has 0 saturated carbocycles. The fraction of sp³-hybridized carbons (Fsp3) is 0.579. The zero-order valence-electron chi connectivity index (χ0n) is 16.7. The monoisotopic (exact) mass is 459 g/mol. The third kappa shape index (κ3) is 4.15.